The Morgan fingerprint density at radius 2 is 1.86 bits per heavy atom. The Kier molecular flexibility index (Phi) is 4.02. The van der Waals surface area contributed by atoms with Crippen LogP contribution in [0.25, 0.3) is 0 Å². The molecule has 5 heteroatoms. The summed E-state index contributed by atoms with van der Waals surface area (Å²) < 4.78 is 27.8. The Hall–Kier alpha value is -1.72. The van der Waals surface area contributed by atoms with Crippen molar-refractivity contribution in [3.8, 4) is 0 Å². The summed E-state index contributed by atoms with van der Waals surface area (Å²) >= 11 is 0. The molecule has 2 heterocycles. The molecule has 1 saturated heterocycles. The zero-order valence-electron chi connectivity index (χ0n) is 12.9. The van der Waals surface area contributed by atoms with Crippen LogP contribution in [0.15, 0.2) is 47.6 Å². The molecule has 0 radical (unpaired) electrons. The molecule has 1 aliphatic rings. The fraction of sp³-hybridized carbons (Fsp3) is 0.353. The van der Waals surface area contributed by atoms with E-state index in [1.54, 1.807) is 22.8 Å². The molecule has 1 aliphatic heterocycles. The highest BCUT2D eigenvalue weighted by atomic mass is 32.2. The number of rotatable bonds is 3. The van der Waals surface area contributed by atoms with Crippen molar-refractivity contribution in [1.29, 1.82) is 0 Å². The molecule has 1 fully saturated rings. The van der Waals surface area contributed by atoms with Crippen LogP contribution >= 0.6 is 0 Å². The van der Waals surface area contributed by atoms with Gasteiger partial charge in [-0.2, -0.15) is 4.31 Å². The minimum absolute atomic E-state index is 0.0899. The molecule has 0 spiro atoms. The predicted molar refractivity (Wildman–Crippen MR) is 86.0 cm³/mol. The third-order valence-corrected chi connectivity index (χ3v) is 6.28. The highest BCUT2D eigenvalue weighted by molar-refractivity contribution is 7.89. The molecule has 3 rings (SSSR count). The van der Waals surface area contributed by atoms with Gasteiger partial charge < -0.3 is 0 Å². The molecule has 2 aromatic rings. The first kappa shape index (κ1) is 15.2. The SMILES string of the molecule is Cc1ccc(C)c(S(=O)(=O)N2CCCC2c2ccncc2)c1. The summed E-state index contributed by atoms with van der Waals surface area (Å²) in [6.07, 6.45) is 5.18. The summed E-state index contributed by atoms with van der Waals surface area (Å²) in [5, 5.41) is 0. The van der Waals surface area contributed by atoms with E-state index < -0.39 is 10.0 Å². The van der Waals surface area contributed by atoms with Gasteiger partial charge in [0, 0.05) is 18.9 Å². The van der Waals surface area contributed by atoms with Crippen LogP contribution in [0.5, 0.6) is 0 Å². The van der Waals surface area contributed by atoms with Crippen LogP contribution in [0.2, 0.25) is 0 Å². The van der Waals surface area contributed by atoms with Crippen LogP contribution < -0.4 is 0 Å². The molecule has 1 aromatic carbocycles. The Morgan fingerprint density at radius 3 is 2.59 bits per heavy atom. The molecule has 116 valence electrons. The molecule has 4 nitrogen and oxygen atoms in total. The molecule has 1 aromatic heterocycles. The van der Waals surface area contributed by atoms with E-state index in [9.17, 15) is 8.42 Å². The molecule has 0 amide bonds. The Labute approximate surface area is 131 Å². The molecule has 1 atom stereocenters. The molecule has 1 unspecified atom stereocenters. The van der Waals surface area contributed by atoms with Crippen molar-refractivity contribution < 1.29 is 8.42 Å². The second kappa shape index (κ2) is 5.82. The number of hydrogen-bond acceptors (Lipinski definition) is 3. The van der Waals surface area contributed by atoms with Gasteiger partial charge in [0.15, 0.2) is 0 Å². The van der Waals surface area contributed by atoms with Gasteiger partial charge in [-0.15, -0.1) is 0 Å². The third kappa shape index (κ3) is 2.66. The maximum atomic E-state index is 13.1. The summed E-state index contributed by atoms with van der Waals surface area (Å²) in [4.78, 5) is 4.44. The number of aromatic nitrogens is 1. The van der Waals surface area contributed by atoms with E-state index in [2.05, 4.69) is 4.98 Å². The van der Waals surface area contributed by atoms with E-state index in [0.717, 1.165) is 29.5 Å². The Morgan fingerprint density at radius 1 is 1.14 bits per heavy atom. The minimum Gasteiger partial charge on any atom is -0.265 e. The molecule has 0 aliphatic carbocycles. The number of benzene rings is 1. The topological polar surface area (TPSA) is 50.3 Å². The van der Waals surface area contributed by atoms with Gasteiger partial charge in [-0.25, -0.2) is 8.42 Å². The van der Waals surface area contributed by atoms with Gasteiger partial charge in [-0.3, -0.25) is 4.98 Å². The van der Waals surface area contributed by atoms with Crippen molar-refractivity contribution in [1.82, 2.24) is 9.29 Å². The normalized spacial score (nSPS) is 19.5. The lowest BCUT2D eigenvalue weighted by molar-refractivity contribution is 0.396. The predicted octanol–water partition coefficient (Wildman–Crippen LogP) is 3.22. The first-order chi connectivity index (χ1) is 10.5. The van der Waals surface area contributed by atoms with E-state index in [-0.39, 0.29) is 6.04 Å². The molecule has 0 N–H and O–H groups in total. The van der Waals surface area contributed by atoms with Crippen LogP contribution in [0.1, 0.15) is 35.6 Å². The standard InChI is InChI=1S/C17H20N2O2S/c1-13-5-6-14(2)17(12-13)22(20,21)19-11-3-4-16(19)15-7-9-18-10-8-15/h5-10,12,16H,3-4,11H2,1-2H3. The number of nitrogens with zero attached hydrogens (tertiary/aromatic N) is 2. The summed E-state index contributed by atoms with van der Waals surface area (Å²) in [7, 11) is -3.48. The quantitative estimate of drug-likeness (QED) is 0.873. The van der Waals surface area contributed by atoms with Crippen LogP contribution in [-0.4, -0.2) is 24.3 Å². The molecule has 0 saturated carbocycles. The smallest absolute Gasteiger partial charge is 0.243 e. The average Bonchev–Trinajstić information content (AvgIpc) is 3.01. The number of hydrogen-bond donors (Lipinski definition) is 0. The van der Waals surface area contributed by atoms with Crippen LogP contribution in [-0.2, 0) is 10.0 Å². The molecular formula is C17H20N2O2S. The lowest BCUT2D eigenvalue weighted by Crippen LogP contribution is -2.31. The monoisotopic (exact) mass is 316 g/mol. The number of pyridine rings is 1. The van der Waals surface area contributed by atoms with Gasteiger partial charge in [0.05, 0.1) is 10.9 Å². The third-order valence-electron chi connectivity index (χ3n) is 4.22. The van der Waals surface area contributed by atoms with Crippen LogP contribution in [0.3, 0.4) is 0 Å². The Balaban J connectivity index is 2.03. The van der Waals surface area contributed by atoms with Gasteiger partial charge >= 0.3 is 0 Å². The second-order valence-electron chi connectivity index (χ2n) is 5.82. The lowest BCUT2D eigenvalue weighted by Gasteiger charge is -2.25. The van der Waals surface area contributed by atoms with Crippen molar-refractivity contribution in [2.75, 3.05) is 6.54 Å². The van der Waals surface area contributed by atoms with E-state index >= 15 is 0 Å². The summed E-state index contributed by atoms with van der Waals surface area (Å²) in [5.74, 6) is 0. The summed E-state index contributed by atoms with van der Waals surface area (Å²) in [6.45, 7) is 4.34. The summed E-state index contributed by atoms with van der Waals surface area (Å²) in [5.41, 5.74) is 2.77. The zero-order valence-corrected chi connectivity index (χ0v) is 13.7. The highest BCUT2D eigenvalue weighted by Crippen LogP contribution is 2.37. The highest BCUT2D eigenvalue weighted by Gasteiger charge is 2.36. The largest absolute Gasteiger partial charge is 0.265 e. The van der Waals surface area contributed by atoms with E-state index in [0.29, 0.717) is 11.4 Å². The molecule has 22 heavy (non-hydrogen) atoms. The van der Waals surface area contributed by atoms with E-state index in [1.165, 1.54) is 0 Å². The molecule has 0 bridgehead atoms. The van der Waals surface area contributed by atoms with E-state index in [1.807, 2.05) is 38.1 Å². The zero-order chi connectivity index (χ0) is 15.7. The lowest BCUT2D eigenvalue weighted by atomic mass is 10.1. The van der Waals surface area contributed by atoms with Crippen molar-refractivity contribution in [3.63, 3.8) is 0 Å². The van der Waals surface area contributed by atoms with Gasteiger partial charge in [-0.05, 0) is 61.6 Å². The average molecular weight is 316 g/mol. The number of sulfonamides is 1. The second-order valence-corrected chi connectivity index (χ2v) is 7.68. The fourth-order valence-electron chi connectivity index (χ4n) is 3.06. The van der Waals surface area contributed by atoms with Crippen molar-refractivity contribution in [2.45, 2.75) is 37.6 Å². The first-order valence-corrected chi connectivity index (χ1v) is 8.93. The van der Waals surface area contributed by atoms with Crippen molar-refractivity contribution >= 4 is 10.0 Å². The van der Waals surface area contributed by atoms with Crippen LogP contribution in [0.4, 0.5) is 0 Å². The molecular weight excluding hydrogens is 296 g/mol. The fourth-order valence-corrected chi connectivity index (χ4v) is 5.05. The summed E-state index contributed by atoms with van der Waals surface area (Å²) in [6, 6.07) is 9.31. The van der Waals surface area contributed by atoms with Gasteiger partial charge in [-0.1, -0.05) is 12.1 Å². The van der Waals surface area contributed by atoms with Crippen LogP contribution in [0, 0.1) is 13.8 Å². The van der Waals surface area contributed by atoms with Gasteiger partial charge in [0.1, 0.15) is 0 Å². The van der Waals surface area contributed by atoms with Crippen molar-refractivity contribution in [2.24, 2.45) is 0 Å². The Bertz CT molecular complexity index is 773. The maximum Gasteiger partial charge on any atom is 0.243 e. The maximum absolute atomic E-state index is 13.1. The number of aryl methyl sites for hydroxylation is 2. The van der Waals surface area contributed by atoms with Crippen molar-refractivity contribution in [3.05, 3.63) is 59.4 Å². The van der Waals surface area contributed by atoms with Gasteiger partial charge in [0.25, 0.3) is 0 Å². The van der Waals surface area contributed by atoms with E-state index in [4.69, 9.17) is 0 Å². The minimum atomic E-state index is -3.48. The first-order valence-electron chi connectivity index (χ1n) is 7.49. The van der Waals surface area contributed by atoms with Gasteiger partial charge in [0.2, 0.25) is 10.0 Å².